The Morgan fingerprint density at radius 2 is 2.00 bits per heavy atom. The Balaban J connectivity index is 2.28. The van der Waals surface area contributed by atoms with E-state index in [1.165, 1.54) is 6.20 Å². The number of pyridine rings is 1. The van der Waals surface area contributed by atoms with Crippen molar-refractivity contribution in [1.82, 2.24) is 4.98 Å². The second-order valence-electron chi connectivity index (χ2n) is 2.94. The molecule has 0 fully saturated rings. The van der Waals surface area contributed by atoms with Gasteiger partial charge in [-0.2, -0.15) is 0 Å². The fraction of sp³-hybridized carbons (Fsp3) is 0. The molecule has 6 heteroatoms. The number of nitrogens with two attached hydrogens (primary N) is 1. The van der Waals surface area contributed by atoms with Crippen LogP contribution < -0.4 is 21.9 Å². The molecule has 0 spiro atoms. The fourth-order valence-corrected chi connectivity index (χ4v) is 1.24. The maximum absolute atomic E-state index is 11.0. The minimum Gasteiger partial charge on any atom is -0.394 e. The molecule has 5 nitrogen and oxygen atoms in total. The molecule has 2 aromatic rings. The van der Waals surface area contributed by atoms with Crippen LogP contribution in [0.3, 0.4) is 0 Å². The van der Waals surface area contributed by atoms with Crippen LogP contribution in [0.5, 0.6) is 0 Å². The molecule has 0 saturated heterocycles. The first-order valence-electron chi connectivity index (χ1n) is 4.07. The number of anilines is 3. The molecule has 0 unspecified atom stereocenters. The lowest BCUT2D eigenvalue weighted by Gasteiger charge is -2.08. The van der Waals surface area contributed by atoms with Crippen LogP contribution in [0.25, 0.3) is 0 Å². The van der Waals surface area contributed by atoms with Crippen molar-refractivity contribution >= 4 is 28.7 Å². The molecule has 0 radical (unpaired) electrons. The first kappa shape index (κ1) is 9.67. The Kier molecular flexibility index (Phi) is 2.17. The Hall–Kier alpha value is -1.88. The third-order valence-corrected chi connectivity index (χ3v) is 2.17. The topological polar surface area (TPSA) is 85.1 Å². The highest BCUT2D eigenvalue weighted by Gasteiger charge is 2.17. The van der Waals surface area contributed by atoms with E-state index in [1.54, 1.807) is 12.1 Å². The zero-order chi connectivity index (χ0) is 11.0. The lowest BCUT2D eigenvalue weighted by molar-refractivity contribution is 1.31. The number of hydrogen-bond donors (Lipinski definition) is 2. The van der Waals surface area contributed by atoms with E-state index in [1.807, 2.05) is 0 Å². The van der Waals surface area contributed by atoms with E-state index in [0.717, 1.165) is 0 Å². The molecule has 0 aliphatic carbocycles. The van der Waals surface area contributed by atoms with E-state index in [0.29, 0.717) is 10.8 Å². The van der Waals surface area contributed by atoms with E-state index in [2.05, 4.69) is 10.3 Å². The summed E-state index contributed by atoms with van der Waals surface area (Å²) in [6.45, 7) is 0. The van der Waals surface area contributed by atoms with Gasteiger partial charge in [0.15, 0.2) is 0 Å². The zero-order valence-electron chi connectivity index (χ0n) is 7.45. The average Bonchev–Trinajstić information content (AvgIpc) is 2.27. The van der Waals surface area contributed by atoms with E-state index in [9.17, 15) is 9.59 Å². The molecule has 0 bridgehead atoms. The standard InChI is InChI=1S/C9H6ClN3O2/c10-5-2-1-4(3-12-5)13-7-6(11)8(14)9(7)15/h1-3,13H,11H2. The molecule has 0 saturated carbocycles. The number of nitrogens with one attached hydrogen (secondary N) is 1. The third-order valence-electron chi connectivity index (χ3n) is 1.94. The summed E-state index contributed by atoms with van der Waals surface area (Å²) in [5.74, 6) is 0. The van der Waals surface area contributed by atoms with Gasteiger partial charge < -0.3 is 11.1 Å². The van der Waals surface area contributed by atoms with Gasteiger partial charge in [0.2, 0.25) is 0 Å². The minimum absolute atomic E-state index is 0.0463. The number of nitrogens with zero attached hydrogens (tertiary/aromatic N) is 1. The predicted molar refractivity (Wildman–Crippen MR) is 58.3 cm³/mol. The van der Waals surface area contributed by atoms with Gasteiger partial charge in [0, 0.05) is 0 Å². The van der Waals surface area contributed by atoms with Gasteiger partial charge in [-0.25, -0.2) is 4.98 Å². The summed E-state index contributed by atoms with van der Waals surface area (Å²) in [6.07, 6.45) is 1.44. The summed E-state index contributed by atoms with van der Waals surface area (Å²) in [7, 11) is 0. The van der Waals surface area contributed by atoms with Gasteiger partial charge in [0.05, 0.1) is 11.9 Å². The third kappa shape index (κ3) is 1.57. The largest absolute Gasteiger partial charge is 0.394 e. The smallest absolute Gasteiger partial charge is 0.253 e. The van der Waals surface area contributed by atoms with Crippen molar-refractivity contribution in [3.8, 4) is 0 Å². The monoisotopic (exact) mass is 223 g/mol. The lowest BCUT2D eigenvalue weighted by Crippen LogP contribution is -2.36. The summed E-state index contributed by atoms with van der Waals surface area (Å²) in [6, 6.07) is 3.19. The molecule has 1 aromatic heterocycles. The molecule has 2 rings (SSSR count). The molecular formula is C9H6ClN3O2. The van der Waals surface area contributed by atoms with Crippen LogP contribution in [0.1, 0.15) is 0 Å². The molecule has 0 atom stereocenters. The molecule has 76 valence electrons. The summed E-state index contributed by atoms with van der Waals surface area (Å²) in [5, 5.41) is 3.04. The minimum atomic E-state index is -0.653. The van der Waals surface area contributed by atoms with Crippen molar-refractivity contribution in [2.75, 3.05) is 11.1 Å². The fourth-order valence-electron chi connectivity index (χ4n) is 1.13. The van der Waals surface area contributed by atoms with Gasteiger partial charge in [-0.1, -0.05) is 11.6 Å². The number of halogens is 1. The molecule has 15 heavy (non-hydrogen) atoms. The SMILES string of the molecule is Nc1c(Nc2ccc(Cl)nc2)c(=O)c1=O. The van der Waals surface area contributed by atoms with E-state index in [4.69, 9.17) is 17.3 Å². The normalized spacial score (nSPS) is 10.5. The molecule has 0 amide bonds. The highest BCUT2D eigenvalue weighted by molar-refractivity contribution is 6.29. The first-order chi connectivity index (χ1) is 7.09. The number of nitrogen functional groups attached to an aromatic ring is 1. The van der Waals surface area contributed by atoms with Crippen LogP contribution in [0, 0.1) is 0 Å². The van der Waals surface area contributed by atoms with Gasteiger partial charge in [-0.05, 0) is 12.1 Å². The highest BCUT2D eigenvalue weighted by atomic mass is 35.5. The summed E-state index contributed by atoms with van der Waals surface area (Å²) in [4.78, 5) is 25.7. The first-order valence-corrected chi connectivity index (χ1v) is 4.45. The van der Waals surface area contributed by atoms with Crippen LogP contribution in [0.2, 0.25) is 5.15 Å². The van der Waals surface area contributed by atoms with Gasteiger partial charge in [0.25, 0.3) is 10.9 Å². The van der Waals surface area contributed by atoms with Crippen molar-refractivity contribution in [3.05, 3.63) is 43.9 Å². The number of aromatic nitrogens is 1. The summed E-state index contributed by atoms with van der Waals surface area (Å²) in [5.41, 5.74) is 4.70. The quantitative estimate of drug-likeness (QED) is 0.577. The van der Waals surface area contributed by atoms with E-state index >= 15 is 0 Å². The summed E-state index contributed by atoms with van der Waals surface area (Å²) < 4.78 is 0. The second kappa shape index (κ2) is 3.36. The number of hydrogen-bond acceptors (Lipinski definition) is 5. The zero-order valence-corrected chi connectivity index (χ0v) is 8.21. The maximum Gasteiger partial charge on any atom is 0.253 e. The Morgan fingerprint density at radius 1 is 1.27 bits per heavy atom. The van der Waals surface area contributed by atoms with Crippen molar-refractivity contribution in [2.24, 2.45) is 0 Å². The van der Waals surface area contributed by atoms with Crippen LogP contribution in [0.15, 0.2) is 27.9 Å². The number of rotatable bonds is 2. The van der Waals surface area contributed by atoms with Gasteiger partial charge in [-0.3, -0.25) is 9.59 Å². The lowest BCUT2D eigenvalue weighted by atomic mass is 10.2. The van der Waals surface area contributed by atoms with E-state index < -0.39 is 10.9 Å². The second-order valence-corrected chi connectivity index (χ2v) is 3.33. The van der Waals surface area contributed by atoms with Crippen molar-refractivity contribution in [3.63, 3.8) is 0 Å². The highest BCUT2D eigenvalue weighted by Crippen LogP contribution is 2.17. The van der Waals surface area contributed by atoms with Crippen molar-refractivity contribution in [1.29, 1.82) is 0 Å². The Bertz CT molecular complexity index is 570. The molecule has 1 aromatic carbocycles. The van der Waals surface area contributed by atoms with Crippen LogP contribution >= 0.6 is 11.6 Å². The molecule has 1 heterocycles. The van der Waals surface area contributed by atoms with Crippen molar-refractivity contribution in [2.45, 2.75) is 0 Å². The summed E-state index contributed by atoms with van der Waals surface area (Å²) >= 11 is 5.58. The van der Waals surface area contributed by atoms with Crippen LogP contribution in [-0.4, -0.2) is 4.98 Å². The van der Waals surface area contributed by atoms with Crippen molar-refractivity contribution < 1.29 is 0 Å². The van der Waals surface area contributed by atoms with Gasteiger partial charge in [0.1, 0.15) is 16.5 Å². The van der Waals surface area contributed by atoms with Gasteiger partial charge in [-0.15, -0.1) is 0 Å². The maximum atomic E-state index is 11.0. The Morgan fingerprint density at radius 3 is 2.53 bits per heavy atom. The molecular weight excluding hydrogens is 218 g/mol. The molecule has 0 aliphatic heterocycles. The predicted octanol–water partition coefficient (Wildman–Crippen LogP) is 0.657. The van der Waals surface area contributed by atoms with E-state index in [-0.39, 0.29) is 11.4 Å². The molecule has 0 aliphatic rings. The van der Waals surface area contributed by atoms with Gasteiger partial charge >= 0.3 is 0 Å². The Labute approximate surface area is 89.2 Å². The average molecular weight is 224 g/mol. The van der Waals surface area contributed by atoms with Crippen LogP contribution in [0.4, 0.5) is 17.1 Å². The van der Waals surface area contributed by atoms with Crippen LogP contribution in [-0.2, 0) is 0 Å². The molecule has 3 N–H and O–H groups in total.